The van der Waals surface area contributed by atoms with Crippen molar-refractivity contribution in [2.24, 2.45) is 11.8 Å². The lowest BCUT2D eigenvalue weighted by atomic mass is 10.0. The Balaban J connectivity index is 2.31. The molecule has 1 aliphatic rings. The van der Waals surface area contributed by atoms with Crippen molar-refractivity contribution in [2.75, 3.05) is 46.3 Å². The van der Waals surface area contributed by atoms with E-state index in [0.29, 0.717) is 6.04 Å². The van der Waals surface area contributed by atoms with E-state index in [4.69, 9.17) is 0 Å². The summed E-state index contributed by atoms with van der Waals surface area (Å²) >= 11 is 0. The Morgan fingerprint density at radius 1 is 1.00 bits per heavy atom. The van der Waals surface area contributed by atoms with E-state index >= 15 is 0 Å². The van der Waals surface area contributed by atoms with Gasteiger partial charge in [0.05, 0.1) is 0 Å². The second-order valence-electron chi connectivity index (χ2n) is 6.54. The summed E-state index contributed by atoms with van der Waals surface area (Å²) in [5, 5.41) is 3.65. The average molecular weight is 255 g/mol. The lowest BCUT2D eigenvalue weighted by Gasteiger charge is -2.40. The van der Waals surface area contributed by atoms with Gasteiger partial charge in [0, 0.05) is 38.8 Å². The summed E-state index contributed by atoms with van der Waals surface area (Å²) in [6.07, 6.45) is 1.29. The Kier molecular flexibility index (Phi) is 7.20. The highest BCUT2D eigenvalue weighted by Gasteiger charge is 2.24. The first-order valence-corrected chi connectivity index (χ1v) is 7.64. The molecule has 0 aliphatic carbocycles. The first-order chi connectivity index (χ1) is 8.50. The third kappa shape index (κ3) is 5.68. The number of piperazine rings is 1. The maximum Gasteiger partial charge on any atom is 0.0244 e. The second-order valence-corrected chi connectivity index (χ2v) is 6.54. The van der Waals surface area contributed by atoms with Crippen LogP contribution >= 0.6 is 0 Å². The predicted octanol–water partition coefficient (Wildman–Crippen LogP) is 1.89. The minimum atomic E-state index is 0.700. The SMILES string of the molecule is CC(C)CCNCC(C(C)C)N1CCN(C)CC1. The molecule has 18 heavy (non-hydrogen) atoms. The quantitative estimate of drug-likeness (QED) is 0.701. The minimum absolute atomic E-state index is 0.700. The van der Waals surface area contributed by atoms with Gasteiger partial charge in [-0.05, 0) is 31.8 Å². The zero-order chi connectivity index (χ0) is 13.5. The topological polar surface area (TPSA) is 18.5 Å². The van der Waals surface area contributed by atoms with E-state index in [0.717, 1.165) is 24.9 Å². The van der Waals surface area contributed by atoms with Crippen molar-refractivity contribution in [1.82, 2.24) is 15.1 Å². The lowest BCUT2D eigenvalue weighted by molar-refractivity contribution is 0.0876. The van der Waals surface area contributed by atoms with Gasteiger partial charge in [0.2, 0.25) is 0 Å². The monoisotopic (exact) mass is 255 g/mol. The van der Waals surface area contributed by atoms with Crippen LogP contribution < -0.4 is 5.32 Å². The molecule has 3 heteroatoms. The molecule has 0 aromatic carbocycles. The number of hydrogen-bond donors (Lipinski definition) is 1. The minimum Gasteiger partial charge on any atom is -0.315 e. The zero-order valence-corrected chi connectivity index (χ0v) is 13.1. The summed E-state index contributed by atoms with van der Waals surface area (Å²) in [5.41, 5.74) is 0. The lowest BCUT2D eigenvalue weighted by Crippen LogP contribution is -2.53. The van der Waals surface area contributed by atoms with E-state index in [9.17, 15) is 0 Å². The Morgan fingerprint density at radius 3 is 2.11 bits per heavy atom. The molecule has 0 aromatic rings. The van der Waals surface area contributed by atoms with Crippen molar-refractivity contribution in [1.29, 1.82) is 0 Å². The molecular weight excluding hydrogens is 222 g/mol. The first-order valence-electron chi connectivity index (χ1n) is 7.64. The molecule has 0 aromatic heterocycles. The maximum absolute atomic E-state index is 3.65. The molecule has 0 spiro atoms. The molecule has 108 valence electrons. The maximum atomic E-state index is 3.65. The highest BCUT2D eigenvalue weighted by atomic mass is 15.3. The van der Waals surface area contributed by atoms with Crippen LogP contribution in [-0.2, 0) is 0 Å². The fourth-order valence-corrected chi connectivity index (χ4v) is 2.58. The smallest absolute Gasteiger partial charge is 0.0244 e. The molecular formula is C15H33N3. The van der Waals surface area contributed by atoms with Crippen LogP contribution in [0.5, 0.6) is 0 Å². The molecule has 0 radical (unpaired) electrons. The van der Waals surface area contributed by atoms with Crippen molar-refractivity contribution < 1.29 is 0 Å². The number of likely N-dealkylation sites (N-methyl/N-ethyl adjacent to an activating group) is 1. The van der Waals surface area contributed by atoms with Crippen molar-refractivity contribution >= 4 is 0 Å². The van der Waals surface area contributed by atoms with Crippen LogP contribution in [0.4, 0.5) is 0 Å². The van der Waals surface area contributed by atoms with E-state index in [1.54, 1.807) is 0 Å². The summed E-state index contributed by atoms with van der Waals surface area (Å²) in [5.74, 6) is 1.54. The van der Waals surface area contributed by atoms with Gasteiger partial charge in [-0.25, -0.2) is 0 Å². The van der Waals surface area contributed by atoms with E-state index in [2.05, 4.69) is 49.9 Å². The molecule has 0 saturated carbocycles. The third-order valence-corrected chi connectivity index (χ3v) is 4.03. The summed E-state index contributed by atoms with van der Waals surface area (Å²) in [4.78, 5) is 5.10. The largest absolute Gasteiger partial charge is 0.315 e. The standard InChI is InChI=1S/C15H33N3/c1-13(2)6-7-16-12-15(14(3)4)18-10-8-17(5)9-11-18/h13-16H,6-12H2,1-5H3. The summed E-state index contributed by atoms with van der Waals surface area (Å²) in [6, 6.07) is 0.700. The van der Waals surface area contributed by atoms with Gasteiger partial charge in [0.1, 0.15) is 0 Å². The zero-order valence-electron chi connectivity index (χ0n) is 13.1. The van der Waals surface area contributed by atoms with Gasteiger partial charge in [-0.3, -0.25) is 4.90 Å². The Hall–Kier alpha value is -0.120. The van der Waals surface area contributed by atoms with Crippen molar-refractivity contribution in [2.45, 2.75) is 40.2 Å². The average Bonchev–Trinajstić information content (AvgIpc) is 2.30. The Morgan fingerprint density at radius 2 is 1.61 bits per heavy atom. The number of nitrogens with one attached hydrogen (secondary N) is 1. The van der Waals surface area contributed by atoms with Crippen molar-refractivity contribution in [3.8, 4) is 0 Å². The van der Waals surface area contributed by atoms with E-state index in [1.807, 2.05) is 0 Å². The second kappa shape index (κ2) is 8.13. The highest BCUT2D eigenvalue weighted by Crippen LogP contribution is 2.12. The fourth-order valence-electron chi connectivity index (χ4n) is 2.58. The normalized spacial score (nSPS) is 20.8. The molecule has 1 heterocycles. The van der Waals surface area contributed by atoms with E-state index in [-0.39, 0.29) is 0 Å². The number of rotatable bonds is 7. The van der Waals surface area contributed by atoms with Crippen LogP contribution in [0.3, 0.4) is 0 Å². The molecule has 3 nitrogen and oxygen atoms in total. The number of hydrogen-bond acceptors (Lipinski definition) is 3. The van der Waals surface area contributed by atoms with Crippen LogP contribution in [0, 0.1) is 11.8 Å². The summed E-state index contributed by atoms with van der Waals surface area (Å²) in [6.45, 7) is 16.5. The molecule has 1 N–H and O–H groups in total. The van der Waals surface area contributed by atoms with Gasteiger partial charge in [-0.1, -0.05) is 27.7 Å². The van der Waals surface area contributed by atoms with Crippen molar-refractivity contribution in [3.05, 3.63) is 0 Å². The molecule has 0 bridgehead atoms. The van der Waals surface area contributed by atoms with Crippen LogP contribution in [0.15, 0.2) is 0 Å². The molecule has 1 aliphatic heterocycles. The molecule has 1 unspecified atom stereocenters. The molecule has 1 fully saturated rings. The highest BCUT2D eigenvalue weighted by molar-refractivity contribution is 4.81. The van der Waals surface area contributed by atoms with Gasteiger partial charge >= 0.3 is 0 Å². The first kappa shape index (κ1) is 15.9. The molecule has 1 atom stereocenters. The van der Waals surface area contributed by atoms with Crippen LogP contribution in [0.1, 0.15) is 34.1 Å². The van der Waals surface area contributed by atoms with Gasteiger partial charge < -0.3 is 10.2 Å². The van der Waals surface area contributed by atoms with Gasteiger partial charge in [0.25, 0.3) is 0 Å². The van der Waals surface area contributed by atoms with Gasteiger partial charge in [-0.2, -0.15) is 0 Å². The van der Waals surface area contributed by atoms with Crippen LogP contribution in [0.2, 0.25) is 0 Å². The Bertz CT molecular complexity index is 208. The van der Waals surface area contributed by atoms with Gasteiger partial charge in [-0.15, -0.1) is 0 Å². The third-order valence-electron chi connectivity index (χ3n) is 4.03. The number of nitrogens with zero attached hydrogens (tertiary/aromatic N) is 2. The summed E-state index contributed by atoms with van der Waals surface area (Å²) < 4.78 is 0. The van der Waals surface area contributed by atoms with Gasteiger partial charge in [0.15, 0.2) is 0 Å². The predicted molar refractivity (Wildman–Crippen MR) is 80.0 cm³/mol. The van der Waals surface area contributed by atoms with E-state index in [1.165, 1.54) is 32.6 Å². The summed E-state index contributed by atoms with van der Waals surface area (Å²) in [7, 11) is 2.22. The van der Waals surface area contributed by atoms with Crippen LogP contribution in [-0.4, -0.2) is 62.2 Å². The molecule has 1 rings (SSSR count). The van der Waals surface area contributed by atoms with Crippen LogP contribution in [0.25, 0.3) is 0 Å². The fraction of sp³-hybridized carbons (Fsp3) is 1.00. The molecule has 1 saturated heterocycles. The Labute approximate surface area is 114 Å². The van der Waals surface area contributed by atoms with E-state index < -0.39 is 0 Å². The van der Waals surface area contributed by atoms with Crippen molar-refractivity contribution in [3.63, 3.8) is 0 Å². The molecule has 0 amide bonds.